The Bertz CT molecular complexity index is 833. The summed E-state index contributed by atoms with van der Waals surface area (Å²) in [6.07, 6.45) is 1.45. The van der Waals surface area contributed by atoms with Gasteiger partial charge in [0.2, 0.25) is 0 Å². The number of benzene rings is 2. The van der Waals surface area contributed by atoms with Gasteiger partial charge < -0.3 is 14.2 Å². The first-order chi connectivity index (χ1) is 12.6. The molecule has 0 fully saturated rings. The molecule has 2 aromatic rings. The number of rotatable bonds is 8. The van der Waals surface area contributed by atoms with Crippen molar-refractivity contribution in [1.29, 1.82) is 5.26 Å². The van der Waals surface area contributed by atoms with Crippen LogP contribution < -0.4 is 19.6 Å². The molecule has 26 heavy (non-hydrogen) atoms. The van der Waals surface area contributed by atoms with Gasteiger partial charge in [-0.15, -0.1) is 0 Å². The molecule has 134 valence electrons. The minimum atomic E-state index is -0.415. The predicted molar refractivity (Wildman–Crippen MR) is 96.8 cm³/mol. The molecule has 0 bridgehead atoms. The smallest absolute Gasteiger partial charge is 0.277 e. The molecule has 0 aromatic heterocycles. The molecule has 0 saturated heterocycles. The molecule has 8 heteroatoms. The molecule has 2 aromatic carbocycles. The number of hydrogen-bond acceptors (Lipinski definition) is 6. The molecule has 0 heterocycles. The Kier molecular flexibility index (Phi) is 7.28. The Morgan fingerprint density at radius 2 is 2.12 bits per heavy atom. The van der Waals surface area contributed by atoms with Gasteiger partial charge in [0.15, 0.2) is 24.7 Å². The van der Waals surface area contributed by atoms with Gasteiger partial charge in [-0.2, -0.15) is 10.4 Å². The second kappa shape index (κ2) is 9.91. The van der Waals surface area contributed by atoms with E-state index in [0.717, 1.165) is 0 Å². The maximum Gasteiger partial charge on any atom is 0.277 e. The van der Waals surface area contributed by atoms with E-state index in [9.17, 15) is 4.79 Å². The molecule has 0 spiro atoms. The average molecular weight is 374 g/mol. The fraction of sp³-hybridized carbons (Fsp3) is 0.167. The third kappa shape index (κ3) is 6.00. The van der Waals surface area contributed by atoms with Crippen LogP contribution >= 0.6 is 11.6 Å². The van der Waals surface area contributed by atoms with E-state index in [1.165, 1.54) is 13.3 Å². The molecule has 7 nitrogen and oxygen atoms in total. The highest BCUT2D eigenvalue weighted by molar-refractivity contribution is 6.30. The van der Waals surface area contributed by atoms with Gasteiger partial charge in [0.1, 0.15) is 11.8 Å². The highest BCUT2D eigenvalue weighted by Gasteiger charge is 2.05. The maximum atomic E-state index is 11.7. The number of hydrogen-bond donors (Lipinski definition) is 1. The average Bonchev–Trinajstić information content (AvgIpc) is 2.65. The molecule has 0 unspecified atom stereocenters. The number of halogens is 1. The lowest BCUT2D eigenvalue weighted by Crippen LogP contribution is -2.24. The third-order valence-corrected chi connectivity index (χ3v) is 3.28. The summed E-state index contributed by atoms with van der Waals surface area (Å²) < 4.78 is 15.7. The normalized spacial score (nSPS) is 10.2. The fourth-order valence-corrected chi connectivity index (χ4v) is 2.09. The first kappa shape index (κ1) is 19.1. The number of methoxy groups -OCH3 is 1. The summed E-state index contributed by atoms with van der Waals surface area (Å²) in [5, 5.41) is 12.9. The zero-order chi connectivity index (χ0) is 18.8. The van der Waals surface area contributed by atoms with E-state index in [1.54, 1.807) is 42.5 Å². The van der Waals surface area contributed by atoms with Gasteiger partial charge in [-0.05, 0) is 42.0 Å². The van der Waals surface area contributed by atoms with Gasteiger partial charge in [0, 0.05) is 5.02 Å². The van der Waals surface area contributed by atoms with Crippen LogP contribution in [0.5, 0.6) is 17.2 Å². The van der Waals surface area contributed by atoms with Crippen molar-refractivity contribution in [2.45, 2.75) is 0 Å². The highest BCUT2D eigenvalue weighted by Crippen LogP contribution is 2.27. The Morgan fingerprint density at radius 1 is 1.27 bits per heavy atom. The summed E-state index contributed by atoms with van der Waals surface area (Å²) in [6, 6.07) is 13.7. The van der Waals surface area contributed by atoms with E-state index >= 15 is 0 Å². The van der Waals surface area contributed by atoms with Crippen molar-refractivity contribution in [3.63, 3.8) is 0 Å². The SMILES string of the molecule is COc1cc(C=NNC(=O)COc2cccc(Cl)c2)ccc1OCC#N. The number of hydrazone groups is 1. The maximum absolute atomic E-state index is 11.7. The van der Waals surface area contributed by atoms with Gasteiger partial charge in [0.05, 0.1) is 13.3 Å². The lowest BCUT2D eigenvalue weighted by atomic mass is 10.2. The quantitative estimate of drug-likeness (QED) is 0.567. The van der Waals surface area contributed by atoms with E-state index in [4.69, 9.17) is 31.1 Å². The first-order valence-corrected chi connectivity index (χ1v) is 7.88. The van der Waals surface area contributed by atoms with E-state index < -0.39 is 5.91 Å². The number of carbonyl (C=O) groups is 1. The largest absolute Gasteiger partial charge is 0.493 e. The summed E-state index contributed by atoms with van der Waals surface area (Å²) in [7, 11) is 1.49. The van der Waals surface area contributed by atoms with Crippen LogP contribution in [0.1, 0.15) is 5.56 Å². The van der Waals surface area contributed by atoms with Gasteiger partial charge in [-0.25, -0.2) is 5.43 Å². The van der Waals surface area contributed by atoms with E-state index in [2.05, 4.69) is 10.5 Å². The van der Waals surface area contributed by atoms with Crippen LogP contribution in [0.25, 0.3) is 0 Å². The van der Waals surface area contributed by atoms with Crippen LogP contribution in [0.3, 0.4) is 0 Å². The Hall–Kier alpha value is -3.24. The van der Waals surface area contributed by atoms with Crippen molar-refractivity contribution in [2.75, 3.05) is 20.3 Å². The summed E-state index contributed by atoms with van der Waals surface area (Å²) in [6.45, 7) is -0.269. The molecule has 0 aliphatic carbocycles. The molecule has 1 amide bonds. The van der Waals surface area contributed by atoms with Crippen LogP contribution in [-0.4, -0.2) is 32.4 Å². The lowest BCUT2D eigenvalue weighted by molar-refractivity contribution is -0.123. The third-order valence-electron chi connectivity index (χ3n) is 3.05. The summed E-state index contributed by atoms with van der Waals surface area (Å²) in [5.74, 6) is 0.987. The van der Waals surface area contributed by atoms with Crippen molar-refractivity contribution in [3.05, 3.63) is 53.1 Å². The summed E-state index contributed by atoms with van der Waals surface area (Å²) in [5.41, 5.74) is 3.04. The van der Waals surface area contributed by atoms with E-state index in [-0.39, 0.29) is 13.2 Å². The zero-order valence-corrected chi connectivity index (χ0v) is 14.7. The molecular weight excluding hydrogens is 358 g/mol. The Morgan fingerprint density at radius 3 is 2.85 bits per heavy atom. The monoisotopic (exact) mass is 373 g/mol. The van der Waals surface area contributed by atoms with Crippen LogP contribution in [0.4, 0.5) is 0 Å². The van der Waals surface area contributed by atoms with Gasteiger partial charge in [0.25, 0.3) is 5.91 Å². The van der Waals surface area contributed by atoms with Crippen molar-refractivity contribution in [1.82, 2.24) is 5.43 Å². The number of ether oxygens (including phenoxy) is 3. The molecule has 1 N–H and O–H groups in total. The highest BCUT2D eigenvalue weighted by atomic mass is 35.5. The first-order valence-electron chi connectivity index (χ1n) is 7.50. The standard InChI is InChI=1S/C18H16ClN3O4/c1-24-17-9-13(5-6-16(17)25-8-7-20)11-21-22-18(23)12-26-15-4-2-3-14(19)10-15/h2-6,9-11H,8,12H2,1H3,(H,22,23). The topological polar surface area (TPSA) is 92.9 Å². The predicted octanol–water partition coefficient (Wildman–Crippen LogP) is 2.78. The number of nitrogens with one attached hydrogen (secondary N) is 1. The Balaban J connectivity index is 1.87. The molecule has 0 saturated carbocycles. The van der Waals surface area contributed by atoms with Crippen molar-refractivity contribution < 1.29 is 19.0 Å². The van der Waals surface area contributed by atoms with Crippen LogP contribution in [0, 0.1) is 11.3 Å². The molecule has 0 aliphatic rings. The number of amides is 1. The zero-order valence-electron chi connectivity index (χ0n) is 13.9. The molecule has 0 radical (unpaired) electrons. The van der Waals surface area contributed by atoms with Crippen LogP contribution in [0.15, 0.2) is 47.6 Å². The van der Waals surface area contributed by atoms with Crippen molar-refractivity contribution in [3.8, 4) is 23.3 Å². The molecular formula is C18H16ClN3O4. The van der Waals surface area contributed by atoms with Crippen LogP contribution in [-0.2, 0) is 4.79 Å². The number of nitrogens with zero attached hydrogens (tertiary/aromatic N) is 2. The van der Waals surface area contributed by atoms with Gasteiger partial charge in [-0.3, -0.25) is 4.79 Å². The van der Waals surface area contributed by atoms with E-state index in [0.29, 0.717) is 27.8 Å². The van der Waals surface area contributed by atoms with Gasteiger partial charge >= 0.3 is 0 Å². The molecule has 0 atom stereocenters. The minimum absolute atomic E-state index is 0.0769. The second-order valence-corrected chi connectivity index (χ2v) is 5.33. The molecule has 2 rings (SSSR count). The summed E-state index contributed by atoms with van der Waals surface area (Å²) >= 11 is 5.84. The second-order valence-electron chi connectivity index (χ2n) is 4.90. The summed E-state index contributed by atoms with van der Waals surface area (Å²) in [4.78, 5) is 11.7. The minimum Gasteiger partial charge on any atom is -0.493 e. The fourth-order valence-electron chi connectivity index (χ4n) is 1.91. The molecule has 0 aliphatic heterocycles. The van der Waals surface area contributed by atoms with Crippen molar-refractivity contribution in [2.24, 2.45) is 5.10 Å². The van der Waals surface area contributed by atoms with E-state index in [1.807, 2.05) is 6.07 Å². The Labute approximate surface area is 155 Å². The van der Waals surface area contributed by atoms with Crippen LogP contribution in [0.2, 0.25) is 5.02 Å². The number of nitriles is 1. The van der Waals surface area contributed by atoms with Gasteiger partial charge in [-0.1, -0.05) is 17.7 Å². The lowest BCUT2D eigenvalue weighted by Gasteiger charge is -2.08. The van der Waals surface area contributed by atoms with Crippen molar-refractivity contribution >= 4 is 23.7 Å². The number of carbonyl (C=O) groups excluding carboxylic acids is 1.